The lowest BCUT2D eigenvalue weighted by molar-refractivity contribution is -0.487. The summed E-state index contributed by atoms with van der Waals surface area (Å²) in [6.45, 7) is 3.70. The average molecular weight is 460 g/mol. The molecule has 0 aliphatic carbocycles. The van der Waals surface area contributed by atoms with Gasteiger partial charge in [-0.05, 0) is 55.3 Å². The number of hydroxylamine groups is 1. The van der Waals surface area contributed by atoms with Gasteiger partial charge in [-0.3, -0.25) is 4.79 Å². The lowest BCUT2D eigenvalue weighted by Gasteiger charge is -2.12. The highest BCUT2D eigenvalue weighted by Crippen LogP contribution is 2.26. The first-order valence-electron chi connectivity index (χ1n) is 11.6. The molecule has 0 saturated carbocycles. The molecular weight excluding hydrogens is 434 g/mol. The van der Waals surface area contributed by atoms with Crippen LogP contribution in [0.5, 0.6) is 0 Å². The minimum atomic E-state index is -0.176. The molecule has 0 radical (unpaired) electrons. The molecule has 0 amide bonds. The summed E-state index contributed by atoms with van der Waals surface area (Å²) >= 11 is 0. The summed E-state index contributed by atoms with van der Waals surface area (Å²) in [6, 6.07) is 32.9. The zero-order valence-corrected chi connectivity index (χ0v) is 19.6. The topological polar surface area (TPSA) is 61.0 Å². The van der Waals surface area contributed by atoms with Crippen molar-refractivity contribution in [3.05, 3.63) is 124 Å². The fourth-order valence-electron chi connectivity index (χ4n) is 4.07. The van der Waals surface area contributed by atoms with Crippen LogP contribution in [0.1, 0.15) is 19.4 Å². The number of rotatable bonds is 5. The first-order chi connectivity index (χ1) is 17.0. The second kappa shape index (κ2) is 9.39. The largest absolute Gasteiger partial charge is 0.624 e. The molecule has 1 aromatic heterocycles. The van der Waals surface area contributed by atoms with Gasteiger partial charge in [-0.15, -0.1) is 0 Å². The van der Waals surface area contributed by atoms with Crippen molar-refractivity contribution >= 4 is 17.0 Å². The zero-order valence-electron chi connectivity index (χ0n) is 19.6. The Labute approximate surface area is 203 Å². The zero-order chi connectivity index (χ0) is 24.4. The van der Waals surface area contributed by atoms with Crippen LogP contribution in [-0.2, 0) is 0 Å². The van der Waals surface area contributed by atoms with Crippen molar-refractivity contribution in [3.8, 4) is 28.1 Å². The molecule has 0 bridgehead atoms. The lowest BCUT2D eigenvalue weighted by atomic mass is 10.0. The fraction of sp³-hybridized carbons (Fsp3) is 0.100. The minimum Gasteiger partial charge on any atom is -0.624 e. The molecule has 0 atom stereocenters. The summed E-state index contributed by atoms with van der Waals surface area (Å²) in [5.74, 6) is 0. The van der Waals surface area contributed by atoms with E-state index in [4.69, 9.17) is 5.10 Å². The number of nitrogens with zero attached hydrogens (tertiary/aromatic N) is 3. The maximum absolute atomic E-state index is 13.4. The fourth-order valence-corrected chi connectivity index (χ4v) is 4.07. The highest BCUT2D eigenvalue weighted by Gasteiger charge is 2.14. The molecule has 5 heteroatoms. The standard InChI is InChI=1S/C30H25N3O2/c1-21(2)32(35)20-22-9-8-12-25(19-22)29-27-13-6-7-14-28(27)30(34)33(31-29)26-17-15-24(16-18-26)23-10-4-3-5-11-23/h3-21H,1-2H3/b32-20+. The van der Waals surface area contributed by atoms with Crippen LogP contribution < -0.4 is 5.56 Å². The first kappa shape index (κ1) is 22.3. The maximum atomic E-state index is 13.4. The number of hydrogen-bond acceptors (Lipinski definition) is 3. The Hall–Kier alpha value is -4.51. The summed E-state index contributed by atoms with van der Waals surface area (Å²) in [7, 11) is 0. The average Bonchev–Trinajstić information content (AvgIpc) is 2.90. The molecular formula is C30H25N3O2. The molecule has 5 aromatic rings. The van der Waals surface area contributed by atoms with Crippen LogP contribution in [0.25, 0.3) is 38.8 Å². The Balaban J connectivity index is 1.65. The van der Waals surface area contributed by atoms with Crippen molar-refractivity contribution in [2.75, 3.05) is 0 Å². The quantitative estimate of drug-likeness (QED) is 0.139. The Kier molecular flexibility index (Phi) is 5.98. The third-order valence-corrected chi connectivity index (χ3v) is 5.97. The Morgan fingerprint density at radius 1 is 0.771 bits per heavy atom. The molecule has 5 nitrogen and oxygen atoms in total. The van der Waals surface area contributed by atoms with E-state index in [1.54, 1.807) is 6.21 Å². The monoisotopic (exact) mass is 459 g/mol. The molecule has 4 aromatic carbocycles. The third kappa shape index (κ3) is 4.49. The second-order valence-electron chi connectivity index (χ2n) is 8.73. The number of benzene rings is 4. The van der Waals surface area contributed by atoms with E-state index in [0.717, 1.165) is 32.4 Å². The van der Waals surface area contributed by atoms with Crippen LogP contribution >= 0.6 is 0 Å². The van der Waals surface area contributed by atoms with E-state index in [1.165, 1.54) is 4.68 Å². The van der Waals surface area contributed by atoms with Crippen molar-refractivity contribution in [1.29, 1.82) is 0 Å². The third-order valence-electron chi connectivity index (χ3n) is 5.97. The van der Waals surface area contributed by atoms with E-state index >= 15 is 0 Å². The SMILES string of the molecule is CC(C)/[N+]([O-])=C\c1cccc(-c2nn(-c3ccc(-c4ccccc4)cc3)c(=O)c3ccccc23)c1. The van der Waals surface area contributed by atoms with Gasteiger partial charge in [-0.2, -0.15) is 9.78 Å². The highest BCUT2D eigenvalue weighted by atomic mass is 16.5. The van der Waals surface area contributed by atoms with Crippen LogP contribution in [-0.4, -0.2) is 26.8 Å². The normalized spacial score (nSPS) is 11.8. The number of aromatic nitrogens is 2. The summed E-state index contributed by atoms with van der Waals surface area (Å²) in [5, 5.41) is 18.3. The van der Waals surface area contributed by atoms with E-state index in [1.807, 2.05) is 105 Å². The van der Waals surface area contributed by atoms with Gasteiger partial charge in [0.2, 0.25) is 0 Å². The van der Waals surface area contributed by atoms with Crippen molar-refractivity contribution in [1.82, 2.24) is 9.78 Å². The van der Waals surface area contributed by atoms with Crippen molar-refractivity contribution in [3.63, 3.8) is 0 Å². The Morgan fingerprint density at radius 2 is 1.40 bits per heavy atom. The van der Waals surface area contributed by atoms with E-state index in [0.29, 0.717) is 16.8 Å². The van der Waals surface area contributed by atoms with Gasteiger partial charge in [-0.1, -0.05) is 72.8 Å². The molecule has 35 heavy (non-hydrogen) atoms. The van der Waals surface area contributed by atoms with E-state index < -0.39 is 0 Å². The summed E-state index contributed by atoms with van der Waals surface area (Å²) in [6.07, 6.45) is 1.58. The highest BCUT2D eigenvalue weighted by molar-refractivity contribution is 5.94. The molecule has 0 aliphatic rings. The van der Waals surface area contributed by atoms with Gasteiger partial charge < -0.3 is 5.21 Å². The van der Waals surface area contributed by atoms with Gasteiger partial charge >= 0.3 is 0 Å². The molecule has 172 valence electrons. The van der Waals surface area contributed by atoms with Gasteiger partial charge in [0.25, 0.3) is 5.56 Å². The molecule has 5 rings (SSSR count). The molecule has 0 fully saturated rings. The van der Waals surface area contributed by atoms with Crippen LogP contribution in [0, 0.1) is 5.21 Å². The van der Waals surface area contributed by atoms with Gasteiger partial charge in [0.15, 0.2) is 12.3 Å². The molecule has 1 heterocycles. The van der Waals surface area contributed by atoms with E-state index in [-0.39, 0.29) is 11.6 Å². The second-order valence-corrected chi connectivity index (χ2v) is 8.73. The van der Waals surface area contributed by atoms with E-state index in [9.17, 15) is 10.0 Å². The maximum Gasteiger partial charge on any atom is 0.279 e. The predicted octanol–water partition coefficient (Wildman–Crippen LogP) is 6.06. The number of hydrogen-bond donors (Lipinski definition) is 0. The van der Waals surface area contributed by atoms with Gasteiger partial charge in [-0.25, -0.2) is 4.74 Å². The lowest BCUT2D eigenvalue weighted by Crippen LogP contribution is -2.22. The van der Waals surface area contributed by atoms with Crippen LogP contribution in [0.2, 0.25) is 0 Å². The van der Waals surface area contributed by atoms with Crippen LogP contribution in [0.4, 0.5) is 0 Å². The molecule has 0 saturated heterocycles. The Morgan fingerprint density at radius 3 is 2.11 bits per heavy atom. The molecule has 0 spiro atoms. The number of fused-ring (bicyclic) bond motifs is 1. The predicted molar refractivity (Wildman–Crippen MR) is 142 cm³/mol. The van der Waals surface area contributed by atoms with Crippen molar-refractivity contribution in [2.45, 2.75) is 19.9 Å². The first-order valence-corrected chi connectivity index (χ1v) is 11.6. The van der Waals surface area contributed by atoms with Crippen LogP contribution in [0.15, 0.2) is 108 Å². The van der Waals surface area contributed by atoms with Gasteiger partial charge in [0.05, 0.1) is 16.8 Å². The summed E-state index contributed by atoms with van der Waals surface area (Å²) < 4.78 is 2.39. The summed E-state index contributed by atoms with van der Waals surface area (Å²) in [4.78, 5) is 13.4. The van der Waals surface area contributed by atoms with Gasteiger partial charge in [0, 0.05) is 16.5 Å². The Bertz CT molecular complexity index is 1580. The molecule has 0 N–H and O–H groups in total. The molecule has 0 unspecified atom stereocenters. The smallest absolute Gasteiger partial charge is 0.279 e. The van der Waals surface area contributed by atoms with Crippen molar-refractivity contribution < 1.29 is 4.74 Å². The van der Waals surface area contributed by atoms with Gasteiger partial charge in [0.1, 0.15) is 0 Å². The van der Waals surface area contributed by atoms with Crippen LogP contribution in [0.3, 0.4) is 0 Å². The van der Waals surface area contributed by atoms with Crippen molar-refractivity contribution in [2.24, 2.45) is 0 Å². The van der Waals surface area contributed by atoms with E-state index in [2.05, 4.69) is 12.1 Å². The summed E-state index contributed by atoms with van der Waals surface area (Å²) in [5.41, 5.74) is 4.99. The molecule has 0 aliphatic heterocycles. The minimum absolute atomic E-state index is 0.154.